The topological polar surface area (TPSA) is 55.8 Å². The van der Waals surface area contributed by atoms with E-state index in [1.807, 2.05) is 26.0 Å². The Morgan fingerprint density at radius 3 is 2.29 bits per heavy atom. The first-order valence-electron chi connectivity index (χ1n) is 8.57. The summed E-state index contributed by atoms with van der Waals surface area (Å²) < 4.78 is 0. The fraction of sp³-hybridized carbons (Fsp3) is 0.526. The van der Waals surface area contributed by atoms with Crippen LogP contribution < -0.4 is 10.2 Å². The minimum absolute atomic E-state index is 0.00488. The standard InChI is InChI=1S/C19H27N3O2/c1-4-19(5-2,6-3)20-18(24)15-21-11-13-22(14-12-21)16-7-9-17(23)10-8-16/h1,7-10,23H,5-6,11-15H2,2-3H3,(H,20,24). The van der Waals surface area contributed by atoms with Gasteiger partial charge < -0.3 is 15.3 Å². The van der Waals surface area contributed by atoms with Gasteiger partial charge in [-0.05, 0) is 37.1 Å². The van der Waals surface area contributed by atoms with E-state index in [0.29, 0.717) is 6.54 Å². The summed E-state index contributed by atoms with van der Waals surface area (Å²) in [6, 6.07) is 7.23. The van der Waals surface area contributed by atoms with Gasteiger partial charge in [0.25, 0.3) is 0 Å². The first kappa shape index (κ1) is 18.2. The highest BCUT2D eigenvalue weighted by Gasteiger charge is 2.27. The summed E-state index contributed by atoms with van der Waals surface area (Å²) in [7, 11) is 0. The molecule has 1 saturated heterocycles. The molecule has 5 heteroatoms. The lowest BCUT2D eigenvalue weighted by molar-refractivity contribution is -0.123. The van der Waals surface area contributed by atoms with Crippen molar-refractivity contribution < 1.29 is 9.90 Å². The summed E-state index contributed by atoms with van der Waals surface area (Å²) >= 11 is 0. The molecule has 2 N–H and O–H groups in total. The second-order valence-electron chi connectivity index (χ2n) is 6.26. The highest BCUT2D eigenvalue weighted by atomic mass is 16.3. The minimum atomic E-state index is -0.523. The second kappa shape index (κ2) is 8.07. The molecule has 1 aliphatic heterocycles. The smallest absolute Gasteiger partial charge is 0.235 e. The number of nitrogens with one attached hydrogen (secondary N) is 1. The molecule has 1 aliphatic rings. The van der Waals surface area contributed by atoms with Crippen molar-refractivity contribution in [1.82, 2.24) is 10.2 Å². The Morgan fingerprint density at radius 1 is 1.21 bits per heavy atom. The Bertz CT molecular complexity index is 580. The monoisotopic (exact) mass is 329 g/mol. The molecule has 0 saturated carbocycles. The van der Waals surface area contributed by atoms with Crippen LogP contribution in [-0.2, 0) is 4.79 Å². The van der Waals surface area contributed by atoms with E-state index in [1.165, 1.54) is 0 Å². The molecule has 1 fully saturated rings. The predicted molar refractivity (Wildman–Crippen MR) is 97.0 cm³/mol. The number of anilines is 1. The molecule has 1 heterocycles. The van der Waals surface area contributed by atoms with Crippen molar-refractivity contribution in [3.05, 3.63) is 24.3 Å². The van der Waals surface area contributed by atoms with Gasteiger partial charge in [-0.3, -0.25) is 9.69 Å². The number of carbonyl (C=O) groups excluding carboxylic acids is 1. The molecule has 24 heavy (non-hydrogen) atoms. The molecular weight excluding hydrogens is 302 g/mol. The van der Waals surface area contributed by atoms with Crippen LogP contribution in [0.5, 0.6) is 5.75 Å². The predicted octanol–water partition coefficient (Wildman–Crippen LogP) is 1.82. The van der Waals surface area contributed by atoms with Gasteiger partial charge >= 0.3 is 0 Å². The van der Waals surface area contributed by atoms with Gasteiger partial charge in [0.2, 0.25) is 5.91 Å². The van der Waals surface area contributed by atoms with Crippen LogP contribution in [0.25, 0.3) is 0 Å². The molecule has 0 atom stereocenters. The molecule has 1 aromatic carbocycles. The summed E-state index contributed by atoms with van der Waals surface area (Å²) in [5, 5.41) is 12.4. The van der Waals surface area contributed by atoms with Gasteiger partial charge in [0, 0.05) is 31.9 Å². The second-order valence-corrected chi connectivity index (χ2v) is 6.26. The molecule has 5 nitrogen and oxygen atoms in total. The van der Waals surface area contributed by atoms with Crippen molar-refractivity contribution in [2.75, 3.05) is 37.6 Å². The lowest BCUT2D eigenvalue weighted by Gasteiger charge is -2.36. The highest BCUT2D eigenvalue weighted by molar-refractivity contribution is 5.79. The van der Waals surface area contributed by atoms with Gasteiger partial charge in [0.15, 0.2) is 0 Å². The quantitative estimate of drug-likeness (QED) is 0.782. The van der Waals surface area contributed by atoms with Crippen LogP contribution in [0.2, 0.25) is 0 Å². The number of aromatic hydroxyl groups is 1. The molecule has 0 spiro atoms. The third-order valence-corrected chi connectivity index (χ3v) is 4.82. The van der Waals surface area contributed by atoms with Gasteiger partial charge in [0.1, 0.15) is 11.3 Å². The fourth-order valence-electron chi connectivity index (χ4n) is 3.00. The number of piperazine rings is 1. The SMILES string of the molecule is C#CC(CC)(CC)NC(=O)CN1CCN(c2ccc(O)cc2)CC1. The Kier molecular flexibility index (Phi) is 6.10. The Balaban J connectivity index is 1.83. The number of phenolic OH excluding ortho intramolecular Hbond substituents is 1. The van der Waals surface area contributed by atoms with Crippen molar-refractivity contribution in [1.29, 1.82) is 0 Å². The van der Waals surface area contributed by atoms with Gasteiger partial charge in [-0.2, -0.15) is 0 Å². The van der Waals surface area contributed by atoms with Crippen LogP contribution in [0.15, 0.2) is 24.3 Å². The number of terminal acetylenes is 1. The van der Waals surface area contributed by atoms with E-state index in [4.69, 9.17) is 6.42 Å². The average Bonchev–Trinajstić information content (AvgIpc) is 2.61. The van der Waals surface area contributed by atoms with Crippen LogP contribution in [0.1, 0.15) is 26.7 Å². The number of rotatable bonds is 6. The van der Waals surface area contributed by atoms with Crippen LogP contribution >= 0.6 is 0 Å². The van der Waals surface area contributed by atoms with Gasteiger partial charge in [-0.15, -0.1) is 6.42 Å². The number of phenols is 1. The number of nitrogens with zero attached hydrogens (tertiary/aromatic N) is 2. The summed E-state index contributed by atoms with van der Waals surface area (Å²) in [6.07, 6.45) is 7.07. The van der Waals surface area contributed by atoms with Crippen molar-refractivity contribution in [2.24, 2.45) is 0 Å². The number of carbonyl (C=O) groups is 1. The average molecular weight is 329 g/mol. The van der Waals surface area contributed by atoms with Crippen molar-refractivity contribution >= 4 is 11.6 Å². The lowest BCUT2D eigenvalue weighted by Crippen LogP contribution is -2.53. The Hall–Kier alpha value is -2.19. The van der Waals surface area contributed by atoms with Gasteiger partial charge in [0.05, 0.1) is 6.54 Å². The molecule has 0 radical (unpaired) electrons. The van der Waals surface area contributed by atoms with E-state index in [-0.39, 0.29) is 11.7 Å². The Labute approximate surface area is 144 Å². The molecule has 0 unspecified atom stereocenters. The summed E-state index contributed by atoms with van der Waals surface area (Å²) in [5.74, 6) is 3.01. The van der Waals surface area contributed by atoms with E-state index in [2.05, 4.69) is 21.0 Å². The van der Waals surface area contributed by atoms with Gasteiger partial charge in [-0.1, -0.05) is 19.8 Å². The van der Waals surface area contributed by atoms with Crippen molar-refractivity contribution in [3.63, 3.8) is 0 Å². The third kappa shape index (κ3) is 4.42. The minimum Gasteiger partial charge on any atom is -0.508 e. The normalized spacial score (nSPS) is 15.8. The Morgan fingerprint density at radius 2 is 1.79 bits per heavy atom. The van der Waals surface area contributed by atoms with E-state index in [1.54, 1.807) is 12.1 Å². The van der Waals surface area contributed by atoms with Crippen LogP contribution in [0.3, 0.4) is 0 Å². The van der Waals surface area contributed by atoms with Crippen molar-refractivity contribution in [3.8, 4) is 18.1 Å². The molecule has 130 valence electrons. The molecule has 1 amide bonds. The summed E-state index contributed by atoms with van der Waals surface area (Å²) in [5.41, 5.74) is 0.575. The van der Waals surface area contributed by atoms with Crippen LogP contribution in [-0.4, -0.2) is 54.2 Å². The molecular formula is C19H27N3O2. The molecule has 0 bridgehead atoms. The van der Waals surface area contributed by atoms with Crippen molar-refractivity contribution in [2.45, 2.75) is 32.2 Å². The van der Waals surface area contributed by atoms with Crippen LogP contribution in [0, 0.1) is 12.3 Å². The zero-order chi connectivity index (χ0) is 17.6. The zero-order valence-corrected chi connectivity index (χ0v) is 14.6. The third-order valence-electron chi connectivity index (χ3n) is 4.82. The van der Waals surface area contributed by atoms with Crippen LogP contribution in [0.4, 0.5) is 5.69 Å². The largest absolute Gasteiger partial charge is 0.508 e. The maximum Gasteiger partial charge on any atom is 0.235 e. The molecule has 0 aromatic heterocycles. The van der Waals surface area contributed by atoms with E-state index >= 15 is 0 Å². The highest BCUT2D eigenvalue weighted by Crippen LogP contribution is 2.20. The summed E-state index contributed by atoms with van der Waals surface area (Å²) in [4.78, 5) is 16.7. The number of amides is 1. The number of hydrogen-bond donors (Lipinski definition) is 2. The number of hydrogen-bond acceptors (Lipinski definition) is 4. The maximum atomic E-state index is 12.3. The molecule has 0 aliphatic carbocycles. The maximum absolute atomic E-state index is 12.3. The summed E-state index contributed by atoms with van der Waals surface area (Å²) in [6.45, 7) is 7.76. The first-order chi connectivity index (χ1) is 11.5. The lowest BCUT2D eigenvalue weighted by atomic mass is 9.94. The fourth-order valence-corrected chi connectivity index (χ4v) is 3.00. The first-order valence-corrected chi connectivity index (χ1v) is 8.57. The van der Waals surface area contributed by atoms with Gasteiger partial charge in [-0.25, -0.2) is 0 Å². The number of benzene rings is 1. The zero-order valence-electron chi connectivity index (χ0n) is 14.6. The van der Waals surface area contributed by atoms with E-state index < -0.39 is 5.54 Å². The molecule has 1 aromatic rings. The van der Waals surface area contributed by atoms with E-state index in [9.17, 15) is 9.90 Å². The molecule has 2 rings (SSSR count). The van der Waals surface area contributed by atoms with E-state index in [0.717, 1.165) is 44.7 Å².